The predicted molar refractivity (Wildman–Crippen MR) is 53.9 cm³/mol. The predicted octanol–water partition coefficient (Wildman–Crippen LogP) is 2.50. The van der Waals surface area contributed by atoms with Crippen molar-refractivity contribution in [2.75, 3.05) is 13.6 Å². The van der Waals surface area contributed by atoms with E-state index in [-0.39, 0.29) is 0 Å². The maximum atomic E-state index is 5.84. The summed E-state index contributed by atoms with van der Waals surface area (Å²) in [6.45, 7) is 1.19. The fourth-order valence-corrected chi connectivity index (χ4v) is 2.14. The first-order valence-electron chi connectivity index (χ1n) is 4.59. The molecule has 1 aromatic heterocycles. The van der Waals surface area contributed by atoms with Gasteiger partial charge < -0.3 is 0 Å². The molecule has 0 spiro atoms. The molecular formula is C10H13ClN2. The number of rotatable bonds is 1. The van der Waals surface area contributed by atoms with Gasteiger partial charge in [0.25, 0.3) is 0 Å². The summed E-state index contributed by atoms with van der Waals surface area (Å²) in [6, 6.07) is 4.56. The van der Waals surface area contributed by atoms with Crippen molar-refractivity contribution in [1.82, 2.24) is 9.88 Å². The third-order valence-electron chi connectivity index (χ3n) is 2.66. The summed E-state index contributed by atoms with van der Waals surface area (Å²) in [6.07, 6.45) is 4.29. The smallest absolute Gasteiger partial charge is 0.129 e. The molecule has 70 valence electrons. The van der Waals surface area contributed by atoms with Crippen molar-refractivity contribution < 1.29 is 0 Å². The molecule has 0 amide bonds. The van der Waals surface area contributed by atoms with Gasteiger partial charge in [-0.3, -0.25) is 4.90 Å². The molecule has 0 aromatic carbocycles. The van der Waals surface area contributed by atoms with Gasteiger partial charge in [0.05, 0.1) is 0 Å². The molecule has 1 fully saturated rings. The van der Waals surface area contributed by atoms with Crippen molar-refractivity contribution in [1.29, 1.82) is 0 Å². The lowest BCUT2D eigenvalue weighted by Gasteiger charge is -2.19. The maximum Gasteiger partial charge on any atom is 0.129 e. The summed E-state index contributed by atoms with van der Waals surface area (Å²) in [5.74, 6) is 0. The molecule has 2 heterocycles. The molecular weight excluding hydrogens is 184 g/mol. The van der Waals surface area contributed by atoms with Gasteiger partial charge in [-0.05, 0) is 44.1 Å². The van der Waals surface area contributed by atoms with Crippen molar-refractivity contribution in [2.24, 2.45) is 0 Å². The second kappa shape index (κ2) is 3.64. The number of nitrogens with zero attached hydrogens (tertiary/aromatic N) is 2. The minimum atomic E-state index is 0.542. The van der Waals surface area contributed by atoms with E-state index in [1.165, 1.54) is 24.9 Å². The summed E-state index contributed by atoms with van der Waals surface area (Å²) in [4.78, 5) is 6.35. The Morgan fingerprint density at radius 1 is 1.62 bits per heavy atom. The second-order valence-corrected chi connectivity index (χ2v) is 3.94. The zero-order chi connectivity index (χ0) is 9.26. The number of pyridine rings is 1. The maximum absolute atomic E-state index is 5.84. The molecule has 0 saturated carbocycles. The van der Waals surface area contributed by atoms with Gasteiger partial charge in [-0.15, -0.1) is 0 Å². The molecule has 13 heavy (non-hydrogen) atoms. The minimum Gasteiger partial charge on any atom is -0.299 e. The number of hydrogen-bond acceptors (Lipinski definition) is 2. The Morgan fingerprint density at radius 3 is 3.08 bits per heavy atom. The molecule has 1 aliphatic rings. The first kappa shape index (κ1) is 8.97. The highest BCUT2D eigenvalue weighted by atomic mass is 35.5. The van der Waals surface area contributed by atoms with Crippen LogP contribution in [0.15, 0.2) is 18.3 Å². The Kier molecular flexibility index (Phi) is 2.51. The van der Waals surface area contributed by atoms with E-state index in [1.807, 2.05) is 6.07 Å². The van der Waals surface area contributed by atoms with Crippen LogP contribution in [0, 0.1) is 0 Å². The molecule has 0 unspecified atom stereocenters. The van der Waals surface area contributed by atoms with Crippen molar-refractivity contribution in [3.63, 3.8) is 0 Å². The minimum absolute atomic E-state index is 0.542. The third-order valence-corrected chi connectivity index (χ3v) is 2.86. The standard InChI is InChI=1S/C10H13ClN2/c1-13-6-2-3-9(13)8-4-5-12-10(11)7-8/h4-5,7,9H,2-3,6H2,1H3/t9-/m0/s1. The second-order valence-electron chi connectivity index (χ2n) is 3.55. The van der Waals surface area contributed by atoms with Crippen molar-refractivity contribution in [3.8, 4) is 0 Å². The molecule has 1 saturated heterocycles. The Balaban J connectivity index is 2.24. The van der Waals surface area contributed by atoms with Crippen LogP contribution in [0.25, 0.3) is 0 Å². The summed E-state index contributed by atoms with van der Waals surface area (Å²) in [7, 11) is 2.16. The largest absolute Gasteiger partial charge is 0.299 e. The lowest BCUT2D eigenvalue weighted by Crippen LogP contribution is -2.17. The Bertz CT molecular complexity index is 301. The summed E-state index contributed by atoms with van der Waals surface area (Å²) >= 11 is 5.84. The van der Waals surface area contributed by atoms with Gasteiger partial charge in [-0.2, -0.15) is 0 Å². The molecule has 1 aliphatic heterocycles. The molecule has 0 radical (unpaired) electrons. The van der Waals surface area contributed by atoms with Crippen LogP contribution in [-0.2, 0) is 0 Å². The lowest BCUT2D eigenvalue weighted by atomic mass is 10.1. The number of aromatic nitrogens is 1. The average Bonchev–Trinajstić information content (AvgIpc) is 2.51. The first-order chi connectivity index (χ1) is 6.27. The van der Waals surface area contributed by atoms with Crippen LogP contribution >= 0.6 is 11.6 Å². The van der Waals surface area contributed by atoms with E-state index < -0.39 is 0 Å². The monoisotopic (exact) mass is 196 g/mol. The fraction of sp³-hybridized carbons (Fsp3) is 0.500. The van der Waals surface area contributed by atoms with E-state index in [9.17, 15) is 0 Å². The summed E-state index contributed by atoms with van der Waals surface area (Å²) in [5, 5.41) is 0.595. The molecule has 3 heteroatoms. The zero-order valence-electron chi connectivity index (χ0n) is 7.70. The SMILES string of the molecule is CN1CCC[C@H]1c1ccnc(Cl)c1. The van der Waals surface area contributed by atoms with E-state index >= 15 is 0 Å². The molecule has 0 N–H and O–H groups in total. The summed E-state index contributed by atoms with van der Waals surface area (Å²) < 4.78 is 0. The molecule has 0 bridgehead atoms. The normalized spacial score (nSPS) is 23.7. The Labute approximate surface area is 83.5 Å². The first-order valence-corrected chi connectivity index (χ1v) is 4.97. The molecule has 1 aromatic rings. The van der Waals surface area contributed by atoms with Crippen LogP contribution < -0.4 is 0 Å². The highest BCUT2D eigenvalue weighted by molar-refractivity contribution is 6.29. The molecule has 2 nitrogen and oxygen atoms in total. The number of hydrogen-bond donors (Lipinski definition) is 0. The van der Waals surface area contributed by atoms with Crippen molar-refractivity contribution in [2.45, 2.75) is 18.9 Å². The fourth-order valence-electron chi connectivity index (χ4n) is 1.96. The van der Waals surface area contributed by atoms with Gasteiger partial charge in [0.15, 0.2) is 0 Å². The van der Waals surface area contributed by atoms with Crippen molar-refractivity contribution >= 4 is 11.6 Å². The van der Waals surface area contributed by atoms with Crippen molar-refractivity contribution in [3.05, 3.63) is 29.0 Å². The Hall–Kier alpha value is -0.600. The highest BCUT2D eigenvalue weighted by Gasteiger charge is 2.22. The van der Waals surface area contributed by atoms with Crippen LogP contribution in [0.1, 0.15) is 24.4 Å². The number of likely N-dealkylation sites (tertiary alicyclic amines) is 1. The van der Waals surface area contributed by atoms with E-state index in [4.69, 9.17) is 11.6 Å². The molecule has 0 aliphatic carbocycles. The molecule has 1 atom stereocenters. The average molecular weight is 197 g/mol. The zero-order valence-corrected chi connectivity index (χ0v) is 8.46. The van der Waals surface area contributed by atoms with Crippen LogP contribution in [-0.4, -0.2) is 23.5 Å². The van der Waals surface area contributed by atoms with E-state index in [1.54, 1.807) is 6.20 Å². The van der Waals surface area contributed by atoms with Gasteiger partial charge in [-0.1, -0.05) is 11.6 Å². The quantitative estimate of drug-likeness (QED) is 0.642. The van der Waals surface area contributed by atoms with Gasteiger partial charge in [0.1, 0.15) is 5.15 Å². The highest BCUT2D eigenvalue weighted by Crippen LogP contribution is 2.30. The van der Waals surface area contributed by atoms with Crippen LogP contribution in [0.3, 0.4) is 0 Å². The van der Waals surface area contributed by atoms with Gasteiger partial charge >= 0.3 is 0 Å². The third kappa shape index (κ3) is 1.84. The van der Waals surface area contributed by atoms with Gasteiger partial charge in [0, 0.05) is 12.2 Å². The molecule has 2 rings (SSSR count). The van der Waals surface area contributed by atoms with Gasteiger partial charge in [-0.25, -0.2) is 4.98 Å². The Morgan fingerprint density at radius 2 is 2.46 bits per heavy atom. The van der Waals surface area contributed by atoms with E-state index in [2.05, 4.69) is 23.0 Å². The van der Waals surface area contributed by atoms with Crippen LogP contribution in [0.5, 0.6) is 0 Å². The van der Waals surface area contributed by atoms with E-state index in [0.29, 0.717) is 11.2 Å². The van der Waals surface area contributed by atoms with Gasteiger partial charge in [0.2, 0.25) is 0 Å². The summed E-state index contributed by atoms with van der Waals surface area (Å²) in [5.41, 5.74) is 1.29. The van der Waals surface area contributed by atoms with E-state index in [0.717, 1.165) is 0 Å². The lowest BCUT2D eigenvalue weighted by molar-refractivity contribution is 0.317. The topological polar surface area (TPSA) is 16.1 Å². The number of halogens is 1. The van der Waals surface area contributed by atoms with Crippen LogP contribution in [0.2, 0.25) is 5.15 Å². The van der Waals surface area contributed by atoms with Crippen LogP contribution in [0.4, 0.5) is 0 Å².